The number of pyridine rings is 1. The number of nitrogens with zero attached hydrogens (tertiary/aromatic N) is 5. The second-order valence-electron chi connectivity index (χ2n) is 3.33. The van der Waals surface area contributed by atoms with Crippen molar-refractivity contribution < 1.29 is 9.90 Å². The molecule has 0 fully saturated rings. The molecule has 2 rings (SSSR count). The van der Waals surface area contributed by atoms with E-state index in [9.17, 15) is 4.79 Å². The number of carbonyl (C=O) groups is 1. The van der Waals surface area contributed by atoms with Crippen LogP contribution in [-0.2, 0) is 4.79 Å². The molecule has 0 bridgehead atoms. The van der Waals surface area contributed by atoms with Gasteiger partial charge in [-0.2, -0.15) is 0 Å². The van der Waals surface area contributed by atoms with Crippen molar-refractivity contribution in [1.29, 1.82) is 0 Å². The van der Waals surface area contributed by atoms with Gasteiger partial charge < -0.3 is 5.11 Å². The molecule has 0 aliphatic rings. The van der Waals surface area contributed by atoms with E-state index in [0.717, 1.165) is 10.6 Å². The number of thiazole rings is 1. The Morgan fingerprint density at radius 1 is 1.47 bits per heavy atom. The predicted molar refractivity (Wildman–Crippen MR) is 70.1 cm³/mol. The summed E-state index contributed by atoms with van der Waals surface area (Å²) in [5.41, 5.74) is 8.80. The molecule has 2 aromatic rings. The van der Waals surface area contributed by atoms with Gasteiger partial charge in [0, 0.05) is 33.9 Å². The third kappa shape index (κ3) is 3.15. The fraction of sp³-hybridized carbons (Fsp3) is 0. The Morgan fingerprint density at radius 3 is 2.84 bits per heavy atom. The number of carboxylic acids is 1. The topological polar surface area (TPSA) is 112 Å². The van der Waals surface area contributed by atoms with Crippen LogP contribution < -0.4 is 0 Å². The van der Waals surface area contributed by atoms with Crippen molar-refractivity contribution in [2.75, 3.05) is 0 Å². The molecular weight excluding hydrogens is 266 g/mol. The van der Waals surface area contributed by atoms with E-state index in [-0.39, 0.29) is 5.70 Å². The lowest BCUT2D eigenvalue weighted by Gasteiger charge is -1.92. The van der Waals surface area contributed by atoms with Crippen LogP contribution in [0.5, 0.6) is 0 Å². The van der Waals surface area contributed by atoms with Crippen LogP contribution in [0.4, 0.5) is 0 Å². The largest absolute Gasteiger partial charge is 0.478 e. The highest BCUT2D eigenvalue weighted by atomic mass is 32.1. The number of hydrogen-bond donors (Lipinski definition) is 1. The molecule has 0 amide bonds. The summed E-state index contributed by atoms with van der Waals surface area (Å²) in [6.45, 7) is 0. The van der Waals surface area contributed by atoms with Gasteiger partial charge in [-0.1, -0.05) is 5.11 Å². The minimum absolute atomic E-state index is 0.368. The highest BCUT2D eigenvalue weighted by Crippen LogP contribution is 2.26. The Balaban J connectivity index is 2.34. The average molecular weight is 273 g/mol. The van der Waals surface area contributed by atoms with E-state index in [1.54, 1.807) is 24.5 Å². The first-order valence-corrected chi connectivity index (χ1v) is 5.88. The van der Waals surface area contributed by atoms with Crippen LogP contribution in [0, 0.1) is 0 Å². The number of aliphatic carboxylic acids is 1. The SMILES string of the molecule is [N-]=[N+]=N/C(=C\c1cnc(-c2ccncc2)s1)C(=O)O. The molecule has 0 aromatic carbocycles. The number of rotatable bonds is 4. The molecule has 2 heterocycles. The molecular formula is C11H7N5O2S. The van der Waals surface area contributed by atoms with Crippen LogP contribution in [0.15, 0.2) is 41.5 Å². The first-order chi connectivity index (χ1) is 9.20. The molecule has 0 radical (unpaired) electrons. The van der Waals surface area contributed by atoms with Crippen LogP contribution in [-0.4, -0.2) is 21.0 Å². The zero-order chi connectivity index (χ0) is 13.7. The summed E-state index contributed by atoms with van der Waals surface area (Å²) in [6, 6.07) is 3.61. The summed E-state index contributed by atoms with van der Waals surface area (Å²) >= 11 is 1.30. The summed E-state index contributed by atoms with van der Waals surface area (Å²) in [5, 5.41) is 12.7. The quantitative estimate of drug-likeness (QED) is 0.399. The van der Waals surface area contributed by atoms with Gasteiger partial charge in [-0.25, -0.2) is 9.78 Å². The summed E-state index contributed by atoms with van der Waals surface area (Å²) < 4.78 is 0. The van der Waals surface area contributed by atoms with E-state index >= 15 is 0 Å². The molecule has 8 heteroatoms. The van der Waals surface area contributed by atoms with Crippen molar-refractivity contribution >= 4 is 23.4 Å². The minimum Gasteiger partial charge on any atom is -0.478 e. The molecule has 19 heavy (non-hydrogen) atoms. The monoisotopic (exact) mass is 273 g/mol. The van der Waals surface area contributed by atoms with E-state index in [0.29, 0.717) is 4.88 Å². The van der Waals surface area contributed by atoms with E-state index in [2.05, 4.69) is 20.0 Å². The first-order valence-electron chi connectivity index (χ1n) is 5.07. The summed E-state index contributed by atoms with van der Waals surface area (Å²) in [5.74, 6) is -1.28. The Hall–Kier alpha value is -2.70. The molecule has 0 unspecified atom stereocenters. The van der Waals surface area contributed by atoms with Crippen molar-refractivity contribution in [2.24, 2.45) is 5.11 Å². The van der Waals surface area contributed by atoms with E-state index in [1.807, 2.05) is 0 Å². The van der Waals surface area contributed by atoms with Crippen LogP contribution in [0.2, 0.25) is 0 Å². The number of azide groups is 1. The molecule has 0 atom stereocenters. The molecule has 0 saturated heterocycles. The fourth-order valence-corrected chi connectivity index (χ4v) is 2.16. The number of carboxylic acid groups (broad SMARTS) is 1. The Morgan fingerprint density at radius 2 is 2.21 bits per heavy atom. The van der Waals surface area contributed by atoms with Crippen molar-refractivity contribution in [1.82, 2.24) is 9.97 Å². The Bertz CT molecular complexity index is 669. The molecule has 94 valence electrons. The molecule has 0 spiro atoms. The van der Waals surface area contributed by atoms with Gasteiger partial charge in [0.2, 0.25) is 0 Å². The molecule has 0 saturated carbocycles. The zero-order valence-corrected chi connectivity index (χ0v) is 10.3. The van der Waals surface area contributed by atoms with Crippen LogP contribution >= 0.6 is 11.3 Å². The van der Waals surface area contributed by atoms with Crippen molar-refractivity contribution in [3.05, 3.63) is 51.7 Å². The minimum atomic E-state index is -1.28. The van der Waals surface area contributed by atoms with Gasteiger partial charge in [0.05, 0.1) is 0 Å². The Labute approximate surface area is 111 Å². The van der Waals surface area contributed by atoms with Crippen LogP contribution in [0.25, 0.3) is 27.1 Å². The van der Waals surface area contributed by atoms with Crippen molar-refractivity contribution in [3.63, 3.8) is 0 Å². The Kier molecular flexibility index (Phi) is 3.87. The predicted octanol–water partition coefficient (Wildman–Crippen LogP) is 2.94. The highest BCUT2D eigenvalue weighted by Gasteiger charge is 2.07. The van der Waals surface area contributed by atoms with Gasteiger partial charge in [-0.3, -0.25) is 4.98 Å². The zero-order valence-electron chi connectivity index (χ0n) is 9.46. The van der Waals surface area contributed by atoms with E-state index in [4.69, 9.17) is 10.6 Å². The van der Waals surface area contributed by atoms with Gasteiger partial charge in [-0.15, -0.1) is 11.3 Å². The third-order valence-corrected chi connectivity index (χ3v) is 3.09. The maximum absolute atomic E-state index is 10.8. The maximum atomic E-state index is 10.8. The van der Waals surface area contributed by atoms with Crippen LogP contribution in [0.3, 0.4) is 0 Å². The van der Waals surface area contributed by atoms with Crippen LogP contribution in [0.1, 0.15) is 4.88 Å². The molecule has 0 aliphatic carbocycles. The molecule has 2 aromatic heterocycles. The van der Waals surface area contributed by atoms with Gasteiger partial charge >= 0.3 is 5.97 Å². The number of aromatic nitrogens is 2. The highest BCUT2D eigenvalue weighted by molar-refractivity contribution is 7.15. The lowest BCUT2D eigenvalue weighted by atomic mass is 10.3. The molecule has 0 aliphatic heterocycles. The van der Waals surface area contributed by atoms with Gasteiger partial charge in [-0.05, 0) is 23.7 Å². The second kappa shape index (κ2) is 5.76. The summed E-state index contributed by atoms with van der Waals surface area (Å²) in [7, 11) is 0. The standard InChI is InChI=1S/C11H7N5O2S/c12-16-15-9(11(17)18)5-8-6-14-10(19-8)7-1-3-13-4-2-7/h1-6H,(H,17,18)/b9-5-. The lowest BCUT2D eigenvalue weighted by Crippen LogP contribution is -1.95. The maximum Gasteiger partial charge on any atom is 0.338 e. The van der Waals surface area contributed by atoms with E-state index in [1.165, 1.54) is 23.6 Å². The third-order valence-electron chi connectivity index (χ3n) is 2.10. The average Bonchev–Trinajstić information content (AvgIpc) is 2.88. The van der Waals surface area contributed by atoms with E-state index < -0.39 is 5.97 Å². The summed E-state index contributed by atoms with van der Waals surface area (Å²) in [4.78, 5) is 22.0. The summed E-state index contributed by atoms with van der Waals surface area (Å²) in [6.07, 6.45) is 6.10. The second-order valence-corrected chi connectivity index (χ2v) is 4.39. The fourth-order valence-electron chi connectivity index (χ4n) is 1.30. The smallest absolute Gasteiger partial charge is 0.338 e. The van der Waals surface area contributed by atoms with Gasteiger partial charge in [0.1, 0.15) is 10.7 Å². The van der Waals surface area contributed by atoms with Crippen molar-refractivity contribution in [2.45, 2.75) is 0 Å². The molecule has 1 N–H and O–H groups in total. The number of hydrogen-bond acceptors (Lipinski definition) is 5. The molecule has 7 nitrogen and oxygen atoms in total. The normalized spacial score (nSPS) is 10.8. The lowest BCUT2D eigenvalue weighted by molar-refractivity contribution is -0.132. The first kappa shape index (κ1) is 12.7. The van der Waals surface area contributed by atoms with Crippen molar-refractivity contribution in [3.8, 4) is 10.6 Å². The van der Waals surface area contributed by atoms with Gasteiger partial charge in [0.25, 0.3) is 0 Å². The van der Waals surface area contributed by atoms with Gasteiger partial charge in [0.15, 0.2) is 0 Å².